The van der Waals surface area contributed by atoms with Crippen LogP contribution < -0.4 is 0 Å². The smallest absolute Gasteiger partial charge is 0.0960 e. The number of rotatable bonds is 4. The van der Waals surface area contributed by atoms with Crippen LogP contribution in [0.5, 0.6) is 0 Å². The molecule has 4 nitrogen and oxygen atoms in total. The Bertz CT molecular complexity index is 514. The van der Waals surface area contributed by atoms with Crippen LogP contribution >= 0.6 is 0 Å². The van der Waals surface area contributed by atoms with E-state index in [0.717, 1.165) is 29.9 Å². The van der Waals surface area contributed by atoms with Crippen molar-refractivity contribution in [3.05, 3.63) is 36.2 Å². The van der Waals surface area contributed by atoms with E-state index < -0.39 is 6.10 Å². The zero-order chi connectivity index (χ0) is 13.9. The Kier molecular flexibility index (Phi) is 4.00. The first-order valence-electron chi connectivity index (χ1n) is 6.60. The molecule has 0 unspecified atom stereocenters. The van der Waals surface area contributed by atoms with Crippen molar-refractivity contribution in [1.82, 2.24) is 15.2 Å². The van der Waals surface area contributed by atoms with Gasteiger partial charge in [0.25, 0.3) is 0 Å². The van der Waals surface area contributed by atoms with E-state index in [1.807, 2.05) is 24.3 Å². The Morgan fingerprint density at radius 2 is 2.05 bits per heavy atom. The number of H-pyrrole nitrogens is 1. The Morgan fingerprint density at radius 1 is 1.26 bits per heavy atom. The Labute approximate surface area is 113 Å². The molecular weight excluding hydrogens is 238 g/mol. The van der Waals surface area contributed by atoms with Gasteiger partial charge in [0, 0.05) is 6.20 Å². The van der Waals surface area contributed by atoms with Crippen molar-refractivity contribution in [1.29, 1.82) is 0 Å². The molecule has 2 aromatic rings. The van der Waals surface area contributed by atoms with Gasteiger partial charge in [0.1, 0.15) is 0 Å². The van der Waals surface area contributed by atoms with Crippen LogP contribution in [0.4, 0.5) is 0 Å². The summed E-state index contributed by atoms with van der Waals surface area (Å²) < 4.78 is 0. The summed E-state index contributed by atoms with van der Waals surface area (Å²) in [6.45, 7) is 6.52. The molecule has 0 aliphatic heterocycles. The quantitative estimate of drug-likeness (QED) is 0.885. The summed E-state index contributed by atoms with van der Waals surface area (Å²) >= 11 is 0. The van der Waals surface area contributed by atoms with Crippen LogP contribution in [0.2, 0.25) is 0 Å². The van der Waals surface area contributed by atoms with Gasteiger partial charge in [-0.2, -0.15) is 5.10 Å². The number of aromatic amines is 1. The maximum absolute atomic E-state index is 10.2. The molecule has 1 atom stereocenters. The van der Waals surface area contributed by atoms with Gasteiger partial charge in [-0.1, -0.05) is 26.8 Å². The lowest BCUT2D eigenvalue weighted by atomic mass is 9.89. The van der Waals surface area contributed by atoms with E-state index in [4.69, 9.17) is 0 Å². The summed E-state index contributed by atoms with van der Waals surface area (Å²) in [4.78, 5) is 4.49. The SMILES string of the molecule is CC(C)(C)CC[C@H](O)c1cccc(-c2ccn[nH]2)n1. The lowest BCUT2D eigenvalue weighted by Crippen LogP contribution is -2.09. The molecule has 4 heteroatoms. The molecule has 2 aromatic heterocycles. The van der Waals surface area contributed by atoms with Gasteiger partial charge in [0.15, 0.2) is 0 Å². The van der Waals surface area contributed by atoms with Crippen LogP contribution in [0.1, 0.15) is 45.4 Å². The van der Waals surface area contributed by atoms with Crippen molar-refractivity contribution in [3.63, 3.8) is 0 Å². The molecule has 102 valence electrons. The number of hydrogen-bond acceptors (Lipinski definition) is 3. The molecule has 0 aromatic carbocycles. The lowest BCUT2D eigenvalue weighted by molar-refractivity contribution is 0.143. The molecule has 19 heavy (non-hydrogen) atoms. The maximum Gasteiger partial charge on any atom is 0.0960 e. The number of aliphatic hydroxyl groups is 1. The van der Waals surface area contributed by atoms with E-state index in [1.54, 1.807) is 6.20 Å². The molecule has 0 saturated carbocycles. The highest BCUT2D eigenvalue weighted by Gasteiger charge is 2.16. The normalized spacial score (nSPS) is 13.5. The number of aliphatic hydroxyl groups excluding tert-OH is 1. The van der Waals surface area contributed by atoms with Crippen LogP contribution in [0.3, 0.4) is 0 Å². The minimum Gasteiger partial charge on any atom is -0.387 e. The van der Waals surface area contributed by atoms with Crippen LogP contribution in [-0.2, 0) is 0 Å². The fourth-order valence-electron chi connectivity index (χ4n) is 1.90. The van der Waals surface area contributed by atoms with E-state index in [-0.39, 0.29) is 5.41 Å². The number of hydrogen-bond donors (Lipinski definition) is 2. The number of pyridine rings is 1. The third kappa shape index (κ3) is 3.89. The minimum absolute atomic E-state index is 0.224. The summed E-state index contributed by atoms with van der Waals surface area (Å²) in [5, 5.41) is 17.0. The molecule has 2 rings (SSSR count). The summed E-state index contributed by atoms with van der Waals surface area (Å²) in [7, 11) is 0. The van der Waals surface area contributed by atoms with Crippen molar-refractivity contribution in [2.45, 2.75) is 39.7 Å². The monoisotopic (exact) mass is 259 g/mol. The average molecular weight is 259 g/mol. The molecular formula is C15H21N3O. The zero-order valence-electron chi connectivity index (χ0n) is 11.7. The number of nitrogens with one attached hydrogen (secondary N) is 1. The second-order valence-corrected chi connectivity index (χ2v) is 6.03. The third-order valence-corrected chi connectivity index (χ3v) is 3.06. The summed E-state index contributed by atoms with van der Waals surface area (Å²) in [6.07, 6.45) is 2.87. The van der Waals surface area contributed by atoms with Gasteiger partial charge in [0.05, 0.1) is 23.2 Å². The first-order chi connectivity index (χ1) is 8.96. The molecule has 2 N–H and O–H groups in total. The van der Waals surface area contributed by atoms with Crippen molar-refractivity contribution in [2.24, 2.45) is 5.41 Å². The molecule has 0 aliphatic rings. The minimum atomic E-state index is -0.512. The average Bonchev–Trinajstić information content (AvgIpc) is 2.89. The van der Waals surface area contributed by atoms with Gasteiger partial charge >= 0.3 is 0 Å². The standard InChI is InChI=1S/C15H21N3O/c1-15(2,3)9-7-14(19)13-6-4-5-11(17-13)12-8-10-16-18-12/h4-6,8,10,14,19H,7,9H2,1-3H3,(H,16,18)/t14-/m0/s1. The second-order valence-electron chi connectivity index (χ2n) is 6.03. The summed E-state index contributed by atoms with van der Waals surface area (Å²) in [6, 6.07) is 7.56. The van der Waals surface area contributed by atoms with E-state index in [0.29, 0.717) is 0 Å². The zero-order valence-corrected chi connectivity index (χ0v) is 11.7. The van der Waals surface area contributed by atoms with Gasteiger partial charge in [-0.05, 0) is 36.5 Å². The van der Waals surface area contributed by atoms with Crippen molar-refractivity contribution in [3.8, 4) is 11.4 Å². The topological polar surface area (TPSA) is 61.8 Å². The Balaban J connectivity index is 2.10. The van der Waals surface area contributed by atoms with Crippen LogP contribution in [-0.4, -0.2) is 20.3 Å². The molecule has 0 fully saturated rings. The largest absolute Gasteiger partial charge is 0.387 e. The van der Waals surface area contributed by atoms with Crippen molar-refractivity contribution >= 4 is 0 Å². The van der Waals surface area contributed by atoms with E-state index >= 15 is 0 Å². The molecule has 0 bridgehead atoms. The van der Waals surface area contributed by atoms with Gasteiger partial charge in [-0.15, -0.1) is 0 Å². The number of aromatic nitrogens is 3. The van der Waals surface area contributed by atoms with E-state index in [1.165, 1.54) is 0 Å². The highest BCUT2D eigenvalue weighted by atomic mass is 16.3. The Morgan fingerprint density at radius 3 is 2.68 bits per heavy atom. The third-order valence-electron chi connectivity index (χ3n) is 3.06. The predicted octanol–water partition coefficient (Wildman–Crippen LogP) is 3.33. The van der Waals surface area contributed by atoms with Gasteiger partial charge in [0.2, 0.25) is 0 Å². The highest BCUT2D eigenvalue weighted by Crippen LogP contribution is 2.27. The molecule has 0 aliphatic carbocycles. The first kappa shape index (κ1) is 13.7. The summed E-state index contributed by atoms with van der Waals surface area (Å²) in [5.74, 6) is 0. The Hall–Kier alpha value is -1.68. The van der Waals surface area contributed by atoms with Gasteiger partial charge < -0.3 is 5.11 Å². The van der Waals surface area contributed by atoms with Gasteiger partial charge in [-0.25, -0.2) is 4.98 Å². The molecule has 2 heterocycles. The predicted molar refractivity (Wildman–Crippen MR) is 75.5 cm³/mol. The lowest BCUT2D eigenvalue weighted by Gasteiger charge is -2.20. The van der Waals surface area contributed by atoms with Gasteiger partial charge in [-0.3, -0.25) is 5.10 Å². The summed E-state index contributed by atoms with van der Waals surface area (Å²) in [5.41, 5.74) is 2.62. The van der Waals surface area contributed by atoms with E-state index in [9.17, 15) is 5.11 Å². The number of nitrogens with zero attached hydrogens (tertiary/aromatic N) is 2. The molecule has 0 spiro atoms. The van der Waals surface area contributed by atoms with E-state index in [2.05, 4.69) is 36.0 Å². The maximum atomic E-state index is 10.2. The van der Waals surface area contributed by atoms with Crippen LogP contribution in [0.25, 0.3) is 11.4 Å². The first-order valence-corrected chi connectivity index (χ1v) is 6.60. The van der Waals surface area contributed by atoms with Crippen molar-refractivity contribution in [2.75, 3.05) is 0 Å². The van der Waals surface area contributed by atoms with Crippen molar-refractivity contribution < 1.29 is 5.11 Å². The molecule has 0 radical (unpaired) electrons. The molecule has 0 saturated heterocycles. The second kappa shape index (κ2) is 5.53. The molecule has 0 amide bonds. The fraction of sp³-hybridized carbons (Fsp3) is 0.467. The fourth-order valence-corrected chi connectivity index (χ4v) is 1.90. The van der Waals surface area contributed by atoms with Crippen LogP contribution in [0.15, 0.2) is 30.5 Å². The van der Waals surface area contributed by atoms with Crippen LogP contribution in [0, 0.1) is 5.41 Å². The highest BCUT2D eigenvalue weighted by molar-refractivity contribution is 5.53.